The van der Waals surface area contributed by atoms with Crippen molar-refractivity contribution in [3.63, 3.8) is 0 Å². The molecule has 11 rings (SSSR count). The van der Waals surface area contributed by atoms with Crippen molar-refractivity contribution in [3.05, 3.63) is 187 Å². The first-order chi connectivity index (χ1) is 27.2. The van der Waals surface area contributed by atoms with Crippen LogP contribution < -0.4 is 0 Å². The Balaban J connectivity index is 1.11. The van der Waals surface area contributed by atoms with Crippen LogP contribution in [0.3, 0.4) is 0 Å². The second-order valence-corrected chi connectivity index (χ2v) is 14.0. The summed E-state index contributed by atoms with van der Waals surface area (Å²) in [7, 11) is 0. The average molecular weight is 700 g/mol. The molecule has 0 saturated heterocycles. The van der Waals surface area contributed by atoms with Gasteiger partial charge in [-0.2, -0.15) is 10.5 Å². The maximum Gasteiger partial charge on any atom is 0.101 e. The molecule has 55 heavy (non-hydrogen) atoms. The van der Waals surface area contributed by atoms with E-state index in [2.05, 4.69) is 159 Å². The predicted octanol–water partition coefficient (Wildman–Crippen LogP) is 12.4. The van der Waals surface area contributed by atoms with Gasteiger partial charge in [-0.15, -0.1) is 0 Å². The highest BCUT2D eigenvalue weighted by molar-refractivity contribution is 6.13. The first-order valence-corrected chi connectivity index (χ1v) is 18.3. The Morgan fingerprint density at radius 3 is 1.44 bits per heavy atom. The van der Waals surface area contributed by atoms with E-state index in [4.69, 9.17) is 0 Å². The van der Waals surface area contributed by atoms with Gasteiger partial charge in [-0.05, 0) is 84.4 Å². The zero-order valence-electron chi connectivity index (χ0n) is 29.5. The zero-order valence-corrected chi connectivity index (χ0v) is 29.5. The van der Waals surface area contributed by atoms with Gasteiger partial charge in [0.15, 0.2) is 0 Å². The van der Waals surface area contributed by atoms with Crippen LogP contribution in [-0.2, 0) is 0 Å². The van der Waals surface area contributed by atoms with E-state index in [9.17, 15) is 10.5 Å². The minimum absolute atomic E-state index is 0.593. The molecule has 5 heteroatoms. The van der Waals surface area contributed by atoms with Crippen LogP contribution in [0.4, 0.5) is 0 Å². The van der Waals surface area contributed by atoms with Gasteiger partial charge in [-0.1, -0.05) is 97.1 Å². The fraction of sp³-hybridized carbons (Fsp3) is 0. The molecule has 254 valence electrons. The molecule has 3 heterocycles. The molecule has 8 aromatic carbocycles. The molecule has 3 aromatic heterocycles. The first-order valence-electron chi connectivity index (χ1n) is 18.3. The molecule has 0 aliphatic rings. The molecule has 0 spiro atoms. The van der Waals surface area contributed by atoms with Gasteiger partial charge >= 0.3 is 0 Å². The van der Waals surface area contributed by atoms with E-state index >= 15 is 0 Å². The molecule has 5 nitrogen and oxygen atoms in total. The van der Waals surface area contributed by atoms with Gasteiger partial charge < -0.3 is 13.7 Å². The highest BCUT2D eigenvalue weighted by atomic mass is 15.0. The minimum atomic E-state index is 0.593. The fourth-order valence-corrected chi connectivity index (χ4v) is 8.78. The van der Waals surface area contributed by atoms with E-state index < -0.39 is 0 Å². The smallest absolute Gasteiger partial charge is 0.101 e. The van der Waals surface area contributed by atoms with Crippen molar-refractivity contribution in [3.8, 4) is 40.3 Å². The SMILES string of the molecule is N#Cc1ccc(-n2c3ccccc3c3cc(-n4c5ccccc5c5ccccc54)ccc32)cc1-c1cccc(-n2c3ccccc3c3cccc(C#N)c32)c1. The van der Waals surface area contributed by atoms with Crippen LogP contribution in [0.5, 0.6) is 0 Å². The summed E-state index contributed by atoms with van der Waals surface area (Å²) in [6.45, 7) is 0. The number of hydrogen-bond acceptors (Lipinski definition) is 2. The molecule has 0 aliphatic heterocycles. The van der Waals surface area contributed by atoms with E-state index in [1.54, 1.807) is 0 Å². The van der Waals surface area contributed by atoms with Crippen molar-refractivity contribution in [2.75, 3.05) is 0 Å². The molecule has 0 amide bonds. The Hall–Kier alpha value is -7.86. The Kier molecular flexibility index (Phi) is 6.61. The van der Waals surface area contributed by atoms with Crippen molar-refractivity contribution < 1.29 is 0 Å². The fourth-order valence-electron chi connectivity index (χ4n) is 8.78. The summed E-state index contributed by atoms with van der Waals surface area (Å²) in [5.41, 5.74) is 12.4. The molecule has 0 saturated carbocycles. The van der Waals surface area contributed by atoms with Crippen LogP contribution in [0.2, 0.25) is 0 Å². The summed E-state index contributed by atoms with van der Waals surface area (Å²) < 4.78 is 6.84. The molecular formula is C50H29N5. The largest absolute Gasteiger partial charge is 0.309 e. The van der Waals surface area contributed by atoms with Crippen LogP contribution >= 0.6 is 0 Å². The summed E-state index contributed by atoms with van der Waals surface area (Å²) in [6, 6.07) is 65.9. The van der Waals surface area contributed by atoms with Crippen molar-refractivity contribution in [2.24, 2.45) is 0 Å². The second kappa shape index (κ2) is 11.8. The quantitative estimate of drug-likeness (QED) is 0.184. The summed E-state index contributed by atoms with van der Waals surface area (Å²) in [5.74, 6) is 0. The summed E-state index contributed by atoms with van der Waals surface area (Å²) in [6.07, 6.45) is 0. The summed E-state index contributed by atoms with van der Waals surface area (Å²) >= 11 is 0. The van der Waals surface area contributed by atoms with Gasteiger partial charge in [-0.3, -0.25) is 0 Å². The maximum absolute atomic E-state index is 10.4. The van der Waals surface area contributed by atoms with Gasteiger partial charge in [0.05, 0.1) is 50.3 Å². The molecule has 0 radical (unpaired) electrons. The number of nitriles is 2. The number of nitrogens with zero attached hydrogens (tertiary/aromatic N) is 5. The lowest BCUT2D eigenvalue weighted by Crippen LogP contribution is -1.98. The Bertz CT molecular complexity index is 3420. The van der Waals surface area contributed by atoms with Crippen LogP contribution in [0.25, 0.3) is 93.6 Å². The third kappa shape index (κ3) is 4.45. The molecule has 0 atom stereocenters. The Labute approximate surface area is 316 Å². The van der Waals surface area contributed by atoms with Gasteiger partial charge in [-0.25, -0.2) is 0 Å². The van der Waals surface area contributed by atoms with Crippen LogP contribution in [0.1, 0.15) is 11.1 Å². The van der Waals surface area contributed by atoms with Crippen molar-refractivity contribution >= 4 is 65.4 Å². The van der Waals surface area contributed by atoms with E-state index in [1.807, 2.05) is 42.5 Å². The van der Waals surface area contributed by atoms with E-state index in [-0.39, 0.29) is 0 Å². The average Bonchev–Trinajstić information content (AvgIpc) is 3.89. The number of aromatic nitrogens is 3. The van der Waals surface area contributed by atoms with Crippen LogP contribution in [-0.4, -0.2) is 13.7 Å². The number of benzene rings is 8. The van der Waals surface area contributed by atoms with Gasteiger partial charge in [0, 0.05) is 54.9 Å². The standard InChI is InChI=1S/C50H29N5/c51-30-33-23-24-36(28-43(33)32-11-9-13-35(27-32)55-48-22-8-3-16-40(48)42-18-10-12-34(31-52)50(42)55)54-47-21-7-4-17-41(47)44-29-37(25-26-49(44)54)53-45-19-5-1-14-38(45)39-15-2-6-20-46(39)53/h1-29H. The third-order valence-electron chi connectivity index (χ3n) is 11.1. The molecule has 0 N–H and O–H groups in total. The number of fused-ring (bicyclic) bond motifs is 9. The van der Waals surface area contributed by atoms with E-state index in [1.165, 1.54) is 21.8 Å². The summed E-state index contributed by atoms with van der Waals surface area (Å²) in [4.78, 5) is 0. The second-order valence-electron chi connectivity index (χ2n) is 14.0. The van der Waals surface area contributed by atoms with Gasteiger partial charge in [0.2, 0.25) is 0 Å². The lowest BCUT2D eigenvalue weighted by Gasteiger charge is -2.14. The van der Waals surface area contributed by atoms with Crippen molar-refractivity contribution in [2.45, 2.75) is 0 Å². The molecule has 0 fully saturated rings. The number of rotatable bonds is 4. The highest BCUT2D eigenvalue weighted by Crippen LogP contribution is 2.39. The zero-order chi connectivity index (χ0) is 36.6. The third-order valence-corrected chi connectivity index (χ3v) is 11.1. The monoisotopic (exact) mass is 699 g/mol. The Morgan fingerprint density at radius 1 is 0.327 bits per heavy atom. The molecule has 11 aromatic rings. The van der Waals surface area contributed by atoms with Crippen molar-refractivity contribution in [1.82, 2.24) is 13.7 Å². The van der Waals surface area contributed by atoms with Gasteiger partial charge in [0.1, 0.15) is 6.07 Å². The number of hydrogen-bond donors (Lipinski definition) is 0. The van der Waals surface area contributed by atoms with Gasteiger partial charge in [0.25, 0.3) is 0 Å². The minimum Gasteiger partial charge on any atom is -0.309 e. The lowest BCUT2D eigenvalue weighted by molar-refractivity contribution is 1.16. The Morgan fingerprint density at radius 2 is 0.800 bits per heavy atom. The van der Waals surface area contributed by atoms with Crippen LogP contribution in [0.15, 0.2) is 176 Å². The number of para-hydroxylation sites is 5. The molecule has 0 aliphatic carbocycles. The van der Waals surface area contributed by atoms with Crippen molar-refractivity contribution in [1.29, 1.82) is 10.5 Å². The maximum atomic E-state index is 10.4. The molecular weight excluding hydrogens is 671 g/mol. The molecule has 0 unspecified atom stereocenters. The first kappa shape index (κ1) is 30.7. The molecule has 0 bridgehead atoms. The summed E-state index contributed by atoms with van der Waals surface area (Å²) in [5, 5.41) is 27.5. The topological polar surface area (TPSA) is 62.4 Å². The normalized spacial score (nSPS) is 11.6. The van der Waals surface area contributed by atoms with Crippen LogP contribution in [0, 0.1) is 22.7 Å². The lowest BCUT2D eigenvalue weighted by atomic mass is 9.98. The van der Waals surface area contributed by atoms with E-state index in [0.717, 1.165) is 71.8 Å². The predicted molar refractivity (Wildman–Crippen MR) is 224 cm³/mol. The van der Waals surface area contributed by atoms with E-state index in [0.29, 0.717) is 11.1 Å². The highest BCUT2D eigenvalue weighted by Gasteiger charge is 2.19.